The van der Waals surface area contributed by atoms with Crippen molar-refractivity contribution in [2.45, 2.75) is 52.9 Å². The Balaban J connectivity index is 1.90. The molecule has 1 aliphatic carbocycles. The Morgan fingerprint density at radius 1 is 0.951 bits per heavy atom. The number of hydrogen-bond acceptors (Lipinski definition) is 8. The van der Waals surface area contributed by atoms with E-state index in [-0.39, 0.29) is 19.0 Å². The van der Waals surface area contributed by atoms with E-state index in [9.17, 15) is 14.4 Å². The van der Waals surface area contributed by atoms with Crippen LogP contribution in [0.1, 0.15) is 64.0 Å². The van der Waals surface area contributed by atoms with Gasteiger partial charge in [0.2, 0.25) is 0 Å². The van der Waals surface area contributed by atoms with E-state index in [0.717, 1.165) is 29.9 Å². The van der Waals surface area contributed by atoms with Crippen LogP contribution in [0.4, 0.5) is 5.69 Å². The van der Waals surface area contributed by atoms with Crippen molar-refractivity contribution in [3.63, 3.8) is 0 Å². The van der Waals surface area contributed by atoms with Gasteiger partial charge in [0.15, 0.2) is 5.78 Å². The molecule has 4 rings (SSSR count). The number of carbonyl (C=O) groups excluding carboxylic acids is 3. The molecule has 1 heterocycles. The van der Waals surface area contributed by atoms with Crippen molar-refractivity contribution < 1.29 is 28.6 Å². The van der Waals surface area contributed by atoms with Crippen LogP contribution in [0.15, 0.2) is 71.1 Å². The van der Waals surface area contributed by atoms with Gasteiger partial charge in [0, 0.05) is 47.6 Å². The maximum Gasteiger partial charge on any atom is 0.336 e. The van der Waals surface area contributed by atoms with Gasteiger partial charge in [-0.05, 0) is 70.4 Å². The standard InChI is InChI=1S/C33H40N2O6/c1-7-35(8-2)22-17-15-21(16-18-22)28-27(32(37)40-9-3)20(5)34-25-19-24(23-13-11-12-14-26(23)39-6)29(31(36)30(25)28)33(38)41-10-4/h11-18,24,28-29,34H,7-10,19H2,1-6H3/t24-,28+,29-/m0/s1. The minimum atomic E-state index is -1.09. The first-order chi connectivity index (χ1) is 19.8. The van der Waals surface area contributed by atoms with E-state index in [0.29, 0.717) is 34.7 Å². The lowest BCUT2D eigenvalue weighted by Crippen LogP contribution is -2.43. The summed E-state index contributed by atoms with van der Waals surface area (Å²) >= 11 is 0. The number of Topliss-reactive ketones (excluding diaryl/α,β-unsaturated/α-hetero) is 1. The number of esters is 2. The highest BCUT2D eigenvalue weighted by Crippen LogP contribution is 2.49. The minimum absolute atomic E-state index is 0.148. The van der Waals surface area contributed by atoms with E-state index in [1.165, 1.54) is 0 Å². The van der Waals surface area contributed by atoms with Gasteiger partial charge in [-0.2, -0.15) is 0 Å². The predicted molar refractivity (Wildman–Crippen MR) is 158 cm³/mol. The van der Waals surface area contributed by atoms with Gasteiger partial charge in [-0.25, -0.2) is 4.79 Å². The summed E-state index contributed by atoms with van der Waals surface area (Å²) in [4.78, 5) is 43.5. The van der Waals surface area contributed by atoms with Crippen LogP contribution in [0.3, 0.4) is 0 Å². The number of rotatable bonds is 10. The molecule has 0 saturated carbocycles. The summed E-state index contributed by atoms with van der Waals surface area (Å²) in [5.74, 6) is -3.13. The van der Waals surface area contributed by atoms with Crippen molar-refractivity contribution in [2.24, 2.45) is 5.92 Å². The maximum absolute atomic E-state index is 14.5. The molecule has 0 spiro atoms. The number of para-hydroxylation sites is 1. The fourth-order valence-corrected chi connectivity index (χ4v) is 6.08. The van der Waals surface area contributed by atoms with Crippen LogP contribution in [0, 0.1) is 5.92 Å². The quantitative estimate of drug-likeness (QED) is 0.311. The number of ketones is 1. The molecule has 0 fully saturated rings. The lowest BCUT2D eigenvalue weighted by atomic mass is 9.67. The third-order valence-corrected chi connectivity index (χ3v) is 7.95. The number of dihydropyridines is 1. The first-order valence-electron chi connectivity index (χ1n) is 14.4. The summed E-state index contributed by atoms with van der Waals surface area (Å²) in [5.41, 5.74) is 4.68. The third kappa shape index (κ3) is 5.73. The average molecular weight is 561 g/mol. The summed E-state index contributed by atoms with van der Waals surface area (Å²) in [6, 6.07) is 15.4. The molecule has 218 valence electrons. The second-order valence-electron chi connectivity index (χ2n) is 10.1. The second-order valence-corrected chi connectivity index (χ2v) is 10.1. The molecular weight excluding hydrogens is 520 g/mol. The summed E-state index contributed by atoms with van der Waals surface area (Å²) < 4.78 is 16.5. The Kier molecular flexibility index (Phi) is 9.53. The van der Waals surface area contributed by atoms with Gasteiger partial charge in [-0.1, -0.05) is 30.3 Å². The predicted octanol–water partition coefficient (Wildman–Crippen LogP) is 5.26. The van der Waals surface area contributed by atoms with Crippen molar-refractivity contribution >= 4 is 23.4 Å². The number of carbonyl (C=O) groups is 3. The molecule has 2 aliphatic rings. The number of methoxy groups -OCH3 is 1. The van der Waals surface area contributed by atoms with Gasteiger partial charge < -0.3 is 24.4 Å². The zero-order chi connectivity index (χ0) is 29.7. The third-order valence-electron chi connectivity index (χ3n) is 7.95. The van der Waals surface area contributed by atoms with Crippen LogP contribution in [-0.4, -0.2) is 51.1 Å². The Morgan fingerprint density at radius 2 is 1.61 bits per heavy atom. The normalized spacial score (nSPS) is 20.2. The zero-order valence-corrected chi connectivity index (χ0v) is 24.8. The maximum atomic E-state index is 14.5. The number of nitrogens with zero attached hydrogens (tertiary/aromatic N) is 1. The lowest BCUT2D eigenvalue weighted by molar-refractivity contribution is -0.152. The number of benzene rings is 2. The van der Waals surface area contributed by atoms with E-state index < -0.39 is 29.7 Å². The highest BCUT2D eigenvalue weighted by Gasteiger charge is 2.49. The molecule has 0 radical (unpaired) electrons. The molecule has 3 atom stereocenters. The highest BCUT2D eigenvalue weighted by molar-refractivity contribution is 6.13. The monoisotopic (exact) mass is 560 g/mol. The van der Waals surface area contributed by atoms with Crippen molar-refractivity contribution in [3.8, 4) is 5.75 Å². The Bertz CT molecular complexity index is 1360. The highest BCUT2D eigenvalue weighted by atomic mass is 16.5. The molecule has 0 bridgehead atoms. The Labute approximate surface area is 242 Å². The van der Waals surface area contributed by atoms with E-state index in [4.69, 9.17) is 14.2 Å². The molecule has 0 saturated heterocycles. The smallest absolute Gasteiger partial charge is 0.336 e. The summed E-state index contributed by atoms with van der Waals surface area (Å²) in [6.45, 7) is 11.6. The average Bonchev–Trinajstić information content (AvgIpc) is 2.97. The van der Waals surface area contributed by atoms with Crippen molar-refractivity contribution in [1.29, 1.82) is 0 Å². The zero-order valence-electron chi connectivity index (χ0n) is 24.8. The first-order valence-corrected chi connectivity index (χ1v) is 14.4. The van der Waals surface area contributed by atoms with Crippen molar-refractivity contribution in [1.82, 2.24) is 5.32 Å². The molecule has 41 heavy (non-hydrogen) atoms. The van der Waals surface area contributed by atoms with Crippen LogP contribution in [0.2, 0.25) is 0 Å². The van der Waals surface area contributed by atoms with Gasteiger partial charge >= 0.3 is 11.9 Å². The topological polar surface area (TPSA) is 94.2 Å². The van der Waals surface area contributed by atoms with Crippen molar-refractivity contribution in [3.05, 3.63) is 82.2 Å². The molecule has 2 aromatic rings. The van der Waals surface area contributed by atoms with Crippen molar-refractivity contribution in [2.75, 3.05) is 38.3 Å². The van der Waals surface area contributed by atoms with Crippen LogP contribution in [0.25, 0.3) is 0 Å². The number of ether oxygens (including phenoxy) is 3. The van der Waals surface area contributed by atoms with Crippen LogP contribution < -0.4 is 15.0 Å². The number of allylic oxidation sites excluding steroid dienone is 3. The number of anilines is 1. The number of hydrogen-bond donors (Lipinski definition) is 1. The fourth-order valence-electron chi connectivity index (χ4n) is 6.08. The molecule has 0 aromatic heterocycles. The molecule has 0 unspecified atom stereocenters. The molecular formula is C33H40N2O6. The van der Waals surface area contributed by atoms with Gasteiger partial charge in [0.1, 0.15) is 11.7 Å². The van der Waals surface area contributed by atoms with Gasteiger partial charge in [-0.3, -0.25) is 9.59 Å². The Hall–Kier alpha value is -4.07. The largest absolute Gasteiger partial charge is 0.496 e. The van der Waals surface area contributed by atoms with Gasteiger partial charge in [0.25, 0.3) is 0 Å². The minimum Gasteiger partial charge on any atom is -0.496 e. The molecule has 8 nitrogen and oxygen atoms in total. The summed E-state index contributed by atoms with van der Waals surface area (Å²) in [7, 11) is 1.57. The van der Waals surface area contributed by atoms with Crippen LogP contribution in [0.5, 0.6) is 5.75 Å². The van der Waals surface area contributed by atoms with Crippen LogP contribution >= 0.6 is 0 Å². The van der Waals surface area contributed by atoms with Crippen LogP contribution in [-0.2, 0) is 23.9 Å². The van der Waals surface area contributed by atoms with Gasteiger partial charge in [0.05, 0.1) is 25.9 Å². The second kappa shape index (κ2) is 13.1. The molecule has 8 heteroatoms. The van der Waals surface area contributed by atoms with E-state index in [1.54, 1.807) is 21.0 Å². The van der Waals surface area contributed by atoms with E-state index in [1.807, 2.05) is 55.5 Å². The fraction of sp³-hybridized carbons (Fsp3) is 0.424. The summed E-state index contributed by atoms with van der Waals surface area (Å²) in [6.07, 6.45) is 0.367. The lowest BCUT2D eigenvalue weighted by Gasteiger charge is -2.39. The summed E-state index contributed by atoms with van der Waals surface area (Å²) in [5, 5.41) is 3.35. The molecule has 1 N–H and O–H groups in total. The SMILES string of the molecule is CCOC(=O)C1=C(C)NC2=C(C(=O)[C@@H](C(=O)OCC)[C@H](c3ccccc3OC)C2)[C@@H]1c1ccc(N(CC)CC)cc1. The van der Waals surface area contributed by atoms with E-state index >= 15 is 0 Å². The molecule has 1 aliphatic heterocycles. The van der Waals surface area contributed by atoms with E-state index in [2.05, 4.69) is 24.1 Å². The number of nitrogens with one attached hydrogen (secondary N) is 1. The molecule has 2 aromatic carbocycles. The Morgan fingerprint density at radius 3 is 2.22 bits per heavy atom. The first kappa shape index (κ1) is 29.9. The molecule has 0 amide bonds. The van der Waals surface area contributed by atoms with Gasteiger partial charge in [-0.15, -0.1) is 0 Å².